The number of ether oxygens (including phenoxy) is 3. The zero-order valence-electron chi connectivity index (χ0n) is 21.6. The quantitative estimate of drug-likeness (QED) is 0.502. The lowest BCUT2D eigenvalue weighted by atomic mass is 9.72. The van der Waals surface area contributed by atoms with E-state index in [0.717, 1.165) is 11.1 Å². The van der Waals surface area contributed by atoms with Gasteiger partial charge >= 0.3 is 5.97 Å². The van der Waals surface area contributed by atoms with E-state index in [9.17, 15) is 14.7 Å². The van der Waals surface area contributed by atoms with E-state index in [2.05, 4.69) is 0 Å². The van der Waals surface area contributed by atoms with Crippen LogP contribution in [0.2, 0.25) is 0 Å². The molecule has 1 unspecified atom stereocenters. The van der Waals surface area contributed by atoms with Gasteiger partial charge in [-0.1, -0.05) is 43.3 Å². The number of methoxy groups -OCH3 is 1. The van der Waals surface area contributed by atoms with Crippen LogP contribution in [-0.2, 0) is 20.7 Å². The Kier molecular flexibility index (Phi) is 7.88. The lowest BCUT2D eigenvalue weighted by Crippen LogP contribution is -2.43. The predicted octanol–water partition coefficient (Wildman–Crippen LogP) is 3.97. The van der Waals surface area contributed by atoms with E-state index in [1.165, 1.54) is 19.8 Å². The summed E-state index contributed by atoms with van der Waals surface area (Å²) in [4.78, 5) is 27.2. The van der Waals surface area contributed by atoms with Gasteiger partial charge in [0.25, 0.3) is 5.91 Å². The number of benzene rings is 2. The lowest BCUT2D eigenvalue weighted by Gasteiger charge is -2.34. The van der Waals surface area contributed by atoms with Crippen LogP contribution in [0.4, 0.5) is 0 Å². The molecule has 4 atom stereocenters. The fourth-order valence-electron chi connectivity index (χ4n) is 5.02. The summed E-state index contributed by atoms with van der Waals surface area (Å²) in [6.07, 6.45) is 1.09. The summed E-state index contributed by atoms with van der Waals surface area (Å²) in [5.41, 5.74) is 1.30. The number of likely N-dealkylation sites (tertiary alicyclic amines) is 1. The molecule has 2 aromatic carbocycles. The minimum absolute atomic E-state index is 0.134. The molecule has 2 aromatic rings. The first-order valence-electron chi connectivity index (χ1n) is 12.7. The largest absolute Gasteiger partial charge is 0.493 e. The molecule has 1 saturated carbocycles. The Morgan fingerprint density at radius 3 is 2.47 bits per heavy atom. The maximum Gasteiger partial charge on any atom is 0.303 e. The molecule has 7 heteroatoms. The topological polar surface area (TPSA) is 85.3 Å². The first-order valence-corrected chi connectivity index (χ1v) is 12.7. The number of aliphatic hydroxyl groups is 1. The second-order valence-corrected chi connectivity index (χ2v) is 10.4. The minimum atomic E-state index is -0.921. The van der Waals surface area contributed by atoms with Crippen LogP contribution < -0.4 is 9.47 Å². The number of hydrogen-bond donors (Lipinski definition) is 1. The molecule has 0 spiro atoms. The van der Waals surface area contributed by atoms with Crippen molar-refractivity contribution in [2.24, 2.45) is 11.3 Å². The molecule has 1 N–H and O–H groups in total. The molecule has 4 rings (SSSR count). The number of aliphatic hydroxyl groups excluding tert-OH is 1. The third kappa shape index (κ3) is 5.84. The summed E-state index contributed by atoms with van der Waals surface area (Å²) in [6.45, 7) is 6.50. The Hall–Kier alpha value is -3.06. The van der Waals surface area contributed by atoms with Gasteiger partial charge in [-0.05, 0) is 48.9 Å². The zero-order valence-corrected chi connectivity index (χ0v) is 21.6. The van der Waals surface area contributed by atoms with Crippen molar-refractivity contribution in [3.05, 3.63) is 59.7 Å². The molecule has 1 saturated heterocycles. The second-order valence-electron chi connectivity index (χ2n) is 10.4. The summed E-state index contributed by atoms with van der Waals surface area (Å²) in [5, 5.41) is 10.8. The molecule has 7 nitrogen and oxygen atoms in total. The van der Waals surface area contributed by atoms with Crippen molar-refractivity contribution in [2.45, 2.75) is 58.2 Å². The number of carbonyl (C=O) groups excluding carboxylic acids is 2. The van der Waals surface area contributed by atoms with E-state index >= 15 is 0 Å². The Bertz CT molecular complexity index is 1070. The van der Waals surface area contributed by atoms with Crippen LogP contribution in [0.1, 0.15) is 50.7 Å². The van der Waals surface area contributed by atoms with Crippen molar-refractivity contribution in [3.63, 3.8) is 0 Å². The molecule has 2 fully saturated rings. The monoisotopic (exact) mass is 495 g/mol. The van der Waals surface area contributed by atoms with Gasteiger partial charge in [0.2, 0.25) is 0 Å². The molecule has 0 bridgehead atoms. The van der Waals surface area contributed by atoms with Gasteiger partial charge in [-0.2, -0.15) is 0 Å². The van der Waals surface area contributed by atoms with Crippen molar-refractivity contribution in [2.75, 3.05) is 26.8 Å². The fourth-order valence-corrected chi connectivity index (χ4v) is 5.02. The number of amides is 1. The predicted molar refractivity (Wildman–Crippen MR) is 136 cm³/mol. The fraction of sp³-hybridized carbons (Fsp3) is 0.517. The molecular formula is C29H37NO6. The minimum Gasteiger partial charge on any atom is -0.493 e. The number of hydrogen-bond acceptors (Lipinski definition) is 6. The molecule has 1 heterocycles. The number of nitrogens with zero attached hydrogens (tertiary/aromatic N) is 1. The van der Waals surface area contributed by atoms with Crippen molar-refractivity contribution in [1.82, 2.24) is 4.90 Å². The molecule has 1 aliphatic heterocycles. The van der Waals surface area contributed by atoms with E-state index in [4.69, 9.17) is 14.2 Å². The van der Waals surface area contributed by atoms with Crippen LogP contribution in [0.25, 0.3) is 0 Å². The highest BCUT2D eigenvalue weighted by molar-refractivity contribution is 5.84. The van der Waals surface area contributed by atoms with Crippen LogP contribution in [-0.4, -0.2) is 60.9 Å². The van der Waals surface area contributed by atoms with Gasteiger partial charge in [-0.3, -0.25) is 9.59 Å². The lowest BCUT2D eigenvalue weighted by molar-refractivity contribution is -0.158. The summed E-state index contributed by atoms with van der Waals surface area (Å²) in [7, 11) is 1.62. The average molecular weight is 496 g/mol. The van der Waals surface area contributed by atoms with Gasteiger partial charge in [-0.25, -0.2) is 0 Å². The maximum absolute atomic E-state index is 13.6. The molecule has 0 radical (unpaired) electrons. The first kappa shape index (κ1) is 26.0. The molecule has 36 heavy (non-hydrogen) atoms. The van der Waals surface area contributed by atoms with E-state index in [-0.39, 0.29) is 11.8 Å². The standard InChI is InChI=1S/C29H37NO6/c1-19(31)29(3)18-30(28(33)27(36-20(2)32)14-21-8-6-5-7-9-21)16-24(29)23-12-13-25(34-4)26(15-23)35-17-22-10-11-22/h5-9,12-13,15,19,22,24,27,31H,10-11,14,16-18H2,1-4H3/t19-,24+,27?,29+/m1/s1. The highest BCUT2D eigenvalue weighted by Crippen LogP contribution is 2.47. The van der Waals surface area contributed by atoms with Crippen LogP contribution >= 0.6 is 0 Å². The van der Waals surface area contributed by atoms with Crippen LogP contribution in [0.3, 0.4) is 0 Å². The van der Waals surface area contributed by atoms with Gasteiger partial charge in [0.05, 0.1) is 19.8 Å². The SMILES string of the molecule is COc1ccc([C@@H]2CN(C(=O)C(Cc3ccccc3)OC(C)=O)C[C@@]2(C)[C@@H](C)O)cc1OCC1CC1. The van der Waals surface area contributed by atoms with Gasteiger partial charge in [0.15, 0.2) is 17.6 Å². The number of esters is 1. The van der Waals surface area contributed by atoms with Gasteiger partial charge in [0, 0.05) is 37.8 Å². The average Bonchev–Trinajstić information content (AvgIpc) is 3.62. The van der Waals surface area contributed by atoms with Crippen molar-refractivity contribution in [3.8, 4) is 11.5 Å². The van der Waals surface area contributed by atoms with Gasteiger partial charge in [0.1, 0.15) is 0 Å². The zero-order chi connectivity index (χ0) is 25.9. The Morgan fingerprint density at radius 1 is 1.14 bits per heavy atom. The first-order chi connectivity index (χ1) is 17.2. The Labute approximate surface area is 213 Å². The van der Waals surface area contributed by atoms with Gasteiger partial charge < -0.3 is 24.2 Å². The smallest absolute Gasteiger partial charge is 0.303 e. The third-order valence-corrected chi connectivity index (χ3v) is 7.61. The van der Waals surface area contributed by atoms with Crippen molar-refractivity contribution >= 4 is 11.9 Å². The van der Waals surface area contributed by atoms with Crippen LogP contribution in [0, 0.1) is 11.3 Å². The van der Waals surface area contributed by atoms with E-state index in [1.807, 2.05) is 55.5 Å². The highest BCUT2D eigenvalue weighted by Gasteiger charge is 2.49. The molecular weight excluding hydrogens is 458 g/mol. The second kappa shape index (κ2) is 10.9. The van der Waals surface area contributed by atoms with E-state index in [1.54, 1.807) is 18.9 Å². The molecule has 1 amide bonds. The highest BCUT2D eigenvalue weighted by atomic mass is 16.5. The third-order valence-electron chi connectivity index (χ3n) is 7.61. The molecule has 0 aromatic heterocycles. The molecule has 194 valence electrons. The normalized spacial score (nSPS) is 23.1. The van der Waals surface area contributed by atoms with Crippen LogP contribution in [0.15, 0.2) is 48.5 Å². The van der Waals surface area contributed by atoms with Crippen molar-refractivity contribution in [1.29, 1.82) is 0 Å². The van der Waals surface area contributed by atoms with Gasteiger partial charge in [-0.15, -0.1) is 0 Å². The number of carbonyl (C=O) groups is 2. The molecule has 1 aliphatic carbocycles. The summed E-state index contributed by atoms with van der Waals surface area (Å²) < 4.78 is 17.1. The maximum atomic E-state index is 13.6. The van der Waals surface area contributed by atoms with Crippen LogP contribution in [0.5, 0.6) is 11.5 Å². The Morgan fingerprint density at radius 2 is 1.86 bits per heavy atom. The van der Waals surface area contributed by atoms with E-state index in [0.29, 0.717) is 43.5 Å². The summed E-state index contributed by atoms with van der Waals surface area (Å²) in [5.74, 6) is 1.07. The summed E-state index contributed by atoms with van der Waals surface area (Å²) >= 11 is 0. The Balaban J connectivity index is 1.59. The van der Waals surface area contributed by atoms with Crippen molar-refractivity contribution < 1.29 is 28.9 Å². The van der Waals surface area contributed by atoms with E-state index < -0.39 is 23.6 Å². The molecule has 2 aliphatic rings. The summed E-state index contributed by atoms with van der Waals surface area (Å²) in [6, 6.07) is 15.4. The number of rotatable bonds is 10.